The topological polar surface area (TPSA) is 88.4 Å². The molecule has 0 N–H and O–H groups in total. The molecule has 4 aromatic rings. The second kappa shape index (κ2) is 11.0. The van der Waals surface area contributed by atoms with E-state index >= 15 is 0 Å². The summed E-state index contributed by atoms with van der Waals surface area (Å²) in [5, 5.41) is 0.962. The number of fused-ring (bicyclic) bond motifs is 6. The Kier molecular flexibility index (Phi) is 7.47. The molecule has 0 fully saturated rings. The summed E-state index contributed by atoms with van der Waals surface area (Å²) in [6.45, 7) is 1.83. The lowest BCUT2D eigenvalue weighted by Gasteiger charge is -2.44. The number of hydrogen-bond acceptors (Lipinski definition) is 8. The van der Waals surface area contributed by atoms with Crippen LogP contribution in [0.1, 0.15) is 29.7 Å². The average Bonchev–Trinajstić information content (AvgIpc) is 3.24. The number of halogens is 3. The van der Waals surface area contributed by atoms with Crippen molar-refractivity contribution >= 4 is 58.2 Å². The molecule has 12 heteroatoms. The normalized spacial score (nSPS) is 20.6. The van der Waals surface area contributed by atoms with Crippen LogP contribution in [0.25, 0.3) is 6.08 Å². The van der Waals surface area contributed by atoms with Crippen molar-refractivity contribution in [3.05, 3.63) is 106 Å². The van der Waals surface area contributed by atoms with Gasteiger partial charge < -0.3 is 18.9 Å². The lowest BCUT2D eigenvalue weighted by atomic mass is 9.81. The standard InChI is InChI=1S/C30H23Cl3N2O6S/c1-30-24(28(37)39-3)25(18-6-4-5-7-22(18)41-30)35-27(36)23(42-29(35)34-30)11-15-8-9-21(38-2)16(10-15)14-40-26-19(32)12-17(31)13-20(26)33/h4-13,24-25H,14H2,1-3H3. The second-order valence-corrected chi connectivity index (χ2v) is 12.1. The van der Waals surface area contributed by atoms with Crippen LogP contribution in [0.2, 0.25) is 15.1 Å². The first-order valence-electron chi connectivity index (χ1n) is 12.8. The number of ether oxygens (including phenoxy) is 4. The quantitative estimate of drug-likeness (QED) is 0.261. The summed E-state index contributed by atoms with van der Waals surface area (Å²) in [4.78, 5) is 32.1. The Morgan fingerprint density at radius 3 is 2.57 bits per heavy atom. The molecule has 3 unspecified atom stereocenters. The molecule has 6 rings (SSSR count). The van der Waals surface area contributed by atoms with Crippen LogP contribution in [0.15, 0.2) is 64.4 Å². The lowest BCUT2D eigenvalue weighted by Crippen LogP contribution is -2.58. The molecule has 3 heterocycles. The van der Waals surface area contributed by atoms with Crippen molar-refractivity contribution < 1.29 is 23.7 Å². The third-order valence-electron chi connectivity index (χ3n) is 7.27. The van der Waals surface area contributed by atoms with Gasteiger partial charge in [0.15, 0.2) is 10.6 Å². The molecule has 0 aliphatic carbocycles. The van der Waals surface area contributed by atoms with E-state index in [2.05, 4.69) is 0 Å². The fourth-order valence-corrected chi connectivity index (χ4v) is 7.43. The zero-order valence-corrected chi connectivity index (χ0v) is 25.6. The molecule has 0 radical (unpaired) electrons. The van der Waals surface area contributed by atoms with E-state index in [-0.39, 0.29) is 22.2 Å². The number of esters is 1. The summed E-state index contributed by atoms with van der Waals surface area (Å²) in [6.07, 6.45) is 1.77. The number of aromatic nitrogens is 1. The van der Waals surface area contributed by atoms with Gasteiger partial charge >= 0.3 is 5.97 Å². The Bertz CT molecular complexity index is 1900. The zero-order chi connectivity index (χ0) is 29.8. The summed E-state index contributed by atoms with van der Waals surface area (Å²) in [5.41, 5.74) is 0.640. The van der Waals surface area contributed by atoms with E-state index in [9.17, 15) is 9.59 Å². The van der Waals surface area contributed by atoms with Gasteiger partial charge in [-0.05, 0) is 48.9 Å². The number of thiazole rings is 1. The molecule has 216 valence electrons. The number of hydrogen-bond donors (Lipinski definition) is 0. The third kappa shape index (κ3) is 4.84. The SMILES string of the molecule is COC(=O)C1C2c3ccccc3OC1(C)N=c1sc(=Cc3ccc(OC)c(COc4c(Cl)cc(Cl)cc4Cl)c3)c(=O)n12. The third-order valence-corrected chi connectivity index (χ3v) is 9.03. The molecule has 2 aliphatic heterocycles. The van der Waals surface area contributed by atoms with Crippen LogP contribution in [0.3, 0.4) is 0 Å². The van der Waals surface area contributed by atoms with E-state index in [0.29, 0.717) is 37.2 Å². The van der Waals surface area contributed by atoms with Gasteiger partial charge in [0.2, 0.25) is 5.72 Å². The molecule has 3 aromatic carbocycles. The van der Waals surface area contributed by atoms with Crippen molar-refractivity contribution in [3.8, 4) is 17.2 Å². The van der Waals surface area contributed by atoms with Crippen LogP contribution in [0.4, 0.5) is 0 Å². The average molecular weight is 646 g/mol. The Morgan fingerprint density at radius 2 is 1.86 bits per heavy atom. The highest BCUT2D eigenvalue weighted by atomic mass is 35.5. The van der Waals surface area contributed by atoms with Gasteiger partial charge in [0.05, 0.1) is 34.8 Å². The summed E-state index contributed by atoms with van der Waals surface area (Å²) >= 11 is 19.8. The fraction of sp³-hybridized carbons (Fsp3) is 0.233. The maximum absolute atomic E-state index is 13.9. The minimum Gasteiger partial charge on any atom is -0.496 e. The first kappa shape index (κ1) is 28.6. The summed E-state index contributed by atoms with van der Waals surface area (Å²) in [6, 6.07) is 15.3. The first-order valence-corrected chi connectivity index (χ1v) is 14.7. The predicted octanol–water partition coefficient (Wildman–Crippen LogP) is 5.41. The van der Waals surface area contributed by atoms with Gasteiger partial charge in [0, 0.05) is 16.1 Å². The van der Waals surface area contributed by atoms with Crippen LogP contribution in [0, 0.1) is 5.92 Å². The molecule has 0 saturated carbocycles. The van der Waals surface area contributed by atoms with Gasteiger partial charge in [0.1, 0.15) is 24.0 Å². The number of benzene rings is 3. The van der Waals surface area contributed by atoms with Crippen LogP contribution in [-0.4, -0.2) is 30.5 Å². The number of rotatable bonds is 6. The largest absolute Gasteiger partial charge is 0.496 e. The Hall–Kier alpha value is -3.50. The van der Waals surface area contributed by atoms with Gasteiger partial charge in [-0.1, -0.05) is 70.4 Å². The fourth-order valence-electron chi connectivity index (χ4n) is 5.40. The number of carbonyl (C=O) groups is 1. The molecule has 1 aromatic heterocycles. The Labute approximate surface area is 259 Å². The molecule has 0 saturated heterocycles. The van der Waals surface area contributed by atoms with Crippen molar-refractivity contribution in [1.82, 2.24) is 4.57 Å². The smallest absolute Gasteiger partial charge is 0.317 e. The predicted molar refractivity (Wildman–Crippen MR) is 161 cm³/mol. The number of para-hydroxylation sites is 1. The summed E-state index contributed by atoms with van der Waals surface area (Å²) in [7, 11) is 2.88. The minimum atomic E-state index is -1.24. The van der Waals surface area contributed by atoms with Crippen molar-refractivity contribution in [2.75, 3.05) is 14.2 Å². The highest BCUT2D eigenvalue weighted by Crippen LogP contribution is 2.47. The van der Waals surface area contributed by atoms with Gasteiger partial charge in [-0.15, -0.1) is 0 Å². The van der Waals surface area contributed by atoms with E-state index in [1.165, 1.54) is 18.4 Å². The highest BCUT2D eigenvalue weighted by molar-refractivity contribution is 7.07. The summed E-state index contributed by atoms with van der Waals surface area (Å²) < 4.78 is 24.8. The van der Waals surface area contributed by atoms with E-state index in [1.807, 2.05) is 36.4 Å². The van der Waals surface area contributed by atoms with Crippen molar-refractivity contribution in [1.29, 1.82) is 0 Å². The molecule has 3 atom stereocenters. The van der Waals surface area contributed by atoms with Gasteiger partial charge in [-0.2, -0.15) is 0 Å². The van der Waals surface area contributed by atoms with Crippen LogP contribution in [0.5, 0.6) is 17.2 Å². The Morgan fingerprint density at radius 1 is 1.12 bits per heavy atom. The first-order chi connectivity index (χ1) is 20.1. The maximum atomic E-state index is 13.9. The monoisotopic (exact) mass is 644 g/mol. The maximum Gasteiger partial charge on any atom is 0.317 e. The van der Waals surface area contributed by atoms with E-state index in [0.717, 1.165) is 11.1 Å². The van der Waals surface area contributed by atoms with Crippen LogP contribution >= 0.6 is 46.1 Å². The van der Waals surface area contributed by atoms with Crippen molar-refractivity contribution in [3.63, 3.8) is 0 Å². The van der Waals surface area contributed by atoms with Crippen LogP contribution < -0.4 is 29.1 Å². The molecule has 2 bridgehead atoms. The molecule has 0 amide bonds. The second-order valence-electron chi connectivity index (χ2n) is 9.88. The summed E-state index contributed by atoms with van der Waals surface area (Å²) in [5.74, 6) is 0.107. The lowest BCUT2D eigenvalue weighted by molar-refractivity contribution is -0.158. The number of nitrogens with zero attached hydrogens (tertiary/aromatic N) is 2. The molecule has 0 spiro atoms. The minimum absolute atomic E-state index is 0.0938. The molecular weight excluding hydrogens is 623 g/mol. The highest BCUT2D eigenvalue weighted by Gasteiger charge is 2.55. The van der Waals surface area contributed by atoms with Gasteiger partial charge in [-0.25, -0.2) is 4.99 Å². The molecule has 8 nitrogen and oxygen atoms in total. The van der Waals surface area contributed by atoms with Crippen molar-refractivity contribution in [2.45, 2.75) is 25.3 Å². The van der Waals surface area contributed by atoms with Gasteiger partial charge in [0.25, 0.3) is 5.56 Å². The number of carbonyl (C=O) groups excluding carboxylic acids is 1. The van der Waals surface area contributed by atoms with E-state index < -0.39 is 23.7 Å². The van der Waals surface area contributed by atoms with E-state index in [1.54, 1.807) is 42.9 Å². The Balaban J connectivity index is 1.43. The number of methoxy groups -OCH3 is 2. The van der Waals surface area contributed by atoms with E-state index in [4.69, 9.17) is 58.7 Å². The molecule has 42 heavy (non-hydrogen) atoms. The molecule has 2 aliphatic rings. The van der Waals surface area contributed by atoms with Crippen LogP contribution in [-0.2, 0) is 16.1 Å². The van der Waals surface area contributed by atoms with Crippen molar-refractivity contribution in [2.24, 2.45) is 10.9 Å². The van der Waals surface area contributed by atoms with Gasteiger partial charge in [-0.3, -0.25) is 14.2 Å². The zero-order valence-electron chi connectivity index (χ0n) is 22.5. The molecular formula is C30H23Cl3N2O6S.